The Morgan fingerprint density at radius 1 is 1.08 bits per heavy atom. The fourth-order valence-electron chi connectivity index (χ4n) is 2.38. The minimum atomic E-state index is -0.954. The molecule has 0 aliphatic heterocycles. The van der Waals surface area contributed by atoms with E-state index in [-0.39, 0.29) is 11.5 Å². The summed E-state index contributed by atoms with van der Waals surface area (Å²) in [6.45, 7) is 0.455. The first kappa shape index (κ1) is 17.5. The average Bonchev–Trinajstić information content (AvgIpc) is 2.60. The van der Waals surface area contributed by atoms with Gasteiger partial charge in [0, 0.05) is 20.0 Å². The third kappa shape index (κ3) is 4.84. The van der Waals surface area contributed by atoms with Gasteiger partial charge < -0.3 is 14.7 Å². The van der Waals surface area contributed by atoms with Crippen LogP contribution < -0.4 is 4.74 Å². The van der Waals surface area contributed by atoms with Crippen molar-refractivity contribution in [1.29, 1.82) is 0 Å². The van der Waals surface area contributed by atoms with Crippen LogP contribution in [-0.4, -0.2) is 36.0 Å². The van der Waals surface area contributed by atoms with Crippen molar-refractivity contribution in [2.75, 3.05) is 14.2 Å². The largest absolute Gasteiger partial charge is 0.497 e. The third-order valence-corrected chi connectivity index (χ3v) is 3.81. The number of carbonyl (C=O) groups excluding carboxylic acids is 1. The number of carboxylic acid groups (broad SMARTS) is 1. The Morgan fingerprint density at radius 3 is 2.42 bits per heavy atom. The second-order valence-corrected chi connectivity index (χ2v) is 5.60. The van der Waals surface area contributed by atoms with Gasteiger partial charge in [0.1, 0.15) is 5.75 Å². The summed E-state index contributed by atoms with van der Waals surface area (Å²) in [6.07, 6.45) is 1.06. The standard InChI is InChI=1S/C19H21NO4/c1-20(13-15-6-9-16(10-7-15)19(22)23)18(21)11-8-14-4-3-5-17(12-14)24-2/h3-7,9-10,12H,8,11,13H2,1-2H3,(H,22,23). The molecule has 126 valence electrons. The molecular formula is C19H21NO4. The van der Waals surface area contributed by atoms with Crippen LogP contribution in [0, 0.1) is 0 Å². The van der Waals surface area contributed by atoms with Gasteiger partial charge in [0.05, 0.1) is 12.7 Å². The van der Waals surface area contributed by atoms with E-state index in [1.54, 1.807) is 43.3 Å². The van der Waals surface area contributed by atoms with Gasteiger partial charge in [-0.25, -0.2) is 4.79 Å². The fourth-order valence-corrected chi connectivity index (χ4v) is 2.38. The molecule has 0 unspecified atom stereocenters. The van der Waals surface area contributed by atoms with Crippen molar-refractivity contribution >= 4 is 11.9 Å². The molecule has 1 N–H and O–H groups in total. The van der Waals surface area contributed by atoms with E-state index in [1.807, 2.05) is 24.3 Å². The lowest BCUT2D eigenvalue weighted by Crippen LogP contribution is -2.26. The molecule has 0 spiro atoms. The first-order chi connectivity index (χ1) is 11.5. The maximum Gasteiger partial charge on any atom is 0.335 e. The number of amides is 1. The molecule has 0 atom stereocenters. The fraction of sp³-hybridized carbons (Fsp3) is 0.263. The summed E-state index contributed by atoms with van der Waals surface area (Å²) in [7, 11) is 3.37. The van der Waals surface area contributed by atoms with Crippen LogP contribution in [0.1, 0.15) is 27.9 Å². The van der Waals surface area contributed by atoms with Crippen molar-refractivity contribution in [2.45, 2.75) is 19.4 Å². The predicted molar refractivity (Wildman–Crippen MR) is 91.2 cm³/mol. The highest BCUT2D eigenvalue weighted by molar-refractivity contribution is 5.87. The number of methoxy groups -OCH3 is 1. The Balaban J connectivity index is 1.88. The monoisotopic (exact) mass is 327 g/mol. The molecule has 0 bridgehead atoms. The number of hydrogen-bond acceptors (Lipinski definition) is 3. The topological polar surface area (TPSA) is 66.8 Å². The lowest BCUT2D eigenvalue weighted by Gasteiger charge is -2.17. The molecule has 0 aliphatic carbocycles. The van der Waals surface area contributed by atoms with Crippen LogP contribution in [0.15, 0.2) is 48.5 Å². The lowest BCUT2D eigenvalue weighted by molar-refractivity contribution is -0.130. The number of carboxylic acids is 1. The first-order valence-electron chi connectivity index (χ1n) is 7.68. The number of nitrogens with zero attached hydrogens (tertiary/aromatic N) is 1. The van der Waals surface area contributed by atoms with E-state index in [1.165, 1.54) is 0 Å². The summed E-state index contributed by atoms with van der Waals surface area (Å²) in [4.78, 5) is 24.7. The van der Waals surface area contributed by atoms with Gasteiger partial charge in [0.25, 0.3) is 0 Å². The van der Waals surface area contributed by atoms with Crippen LogP contribution in [0.25, 0.3) is 0 Å². The smallest absolute Gasteiger partial charge is 0.335 e. The van der Waals surface area contributed by atoms with Crippen LogP contribution >= 0.6 is 0 Å². The van der Waals surface area contributed by atoms with Crippen molar-refractivity contribution in [3.63, 3.8) is 0 Å². The van der Waals surface area contributed by atoms with Gasteiger partial charge >= 0.3 is 5.97 Å². The van der Waals surface area contributed by atoms with E-state index in [9.17, 15) is 9.59 Å². The number of ether oxygens (including phenoxy) is 1. The highest BCUT2D eigenvalue weighted by Crippen LogP contribution is 2.15. The molecule has 0 saturated heterocycles. The predicted octanol–water partition coefficient (Wildman–Crippen LogP) is 2.98. The average molecular weight is 327 g/mol. The zero-order chi connectivity index (χ0) is 17.5. The zero-order valence-electron chi connectivity index (χ0n) is 13.9. The van der Waals surface area contributed by atoms with Crippen molar-refractivity contribution in [1.82, 2.24) is 4.90 Å². The van der Waals surface area contributed by atoms with E-state index < -0.39 is 5.97 Å². The lowest BCUT2D eigenvalue weighted by atomic mass is 10.1. The number of hydrogen-bond donors (Lipinski definition) is 1. The maximum atomic E-state index is 12.3. The maximum absolute atomic E-state index is 12.3. The minimum Gasteiger partial charge on any atom is -0.497 e. The van der Waals surface area contributed by atoms with Gasteiger partial charge in [-0.15, -0.1) is 0 Å². The molecular weight excluding hydrogens is 306 g/mol. The first-order valence-corrected chi connectivity index (χ1v) is 7.68. The van der Waals surface area contributed by atoms with Gasteiger partial charge in [0.2, 0.25) is 5.91 Å². The number of benzene rings is 2. The molecule has 2 aromatic rings. The van der Waals surface area contributed by atoms with E-state index >= 15 is 0 Å². The SMILES string of the molecule is COc1cccc(CCC(=O)N(C)Cc2ccc(C(=O)O)cc2)c1. The molecule has 2 aromatic carbocycles. The Hall–Kier alpha value is -2.82. The molecule has 0 fully saturated rings. The Labute approximate surface area is 141 Å². The summed E-state index contributed by atoms with van der Waals surface area (Å²) < 4.78 is 5.18. The van der Waals surface area contributed by atoms with Crippen molar-refractivity contribution in [3.05, 3.63) is 65.2 Å². The number of aromatic carboxylic acids is 1. The van der Waals surface area contributed by atoms with E-state index in [4.69, 9.17) is 9.84 Å². The molecule has 0 heterocycles. The second kappa shape index (κ2) is 8.15. The van der Waals surface area contributed by atoms with E-state index in [0.717, 1.165) is 16.9 Å². The highest BCUT2D eigenvalue weighted by Gasteiger charge is 2.10. The summed E-state index contributed by atoms with van der Waals surface area (Å²) in [6, 6.07) is 14.2. The Morgan fingerprint density at radius 2 is 1.79 bits per heavy atom. The summed E-state index contributed by atoms with van der Waals surface area (Å²) >= 11 is 0. The minimum absolute atomic E-state index is 0.0418. The third-order valence-electron chi connectivity index (χ3n) is 3.81. The molecule has 0 radical (unpaired) electrons. The van der Waals surface area contributed by atoms with Gasteiger partial charge in [-0.2, -0.15) is 0 Å². The van der Waals surface area contributed by atoms with Crippen molar-refractivity contribution in [3.8, 4) is 5.75 Å². The van der Waals surface area contributed by atoms with E-state index in [2.05, 4.69) is 0 Å². The van der Waals surface area contributed by atoms with Crippen LogP contribution in [-0.2, 0) is 17.8 Å². The summed E-state index contributed by atoms with van der Waals surface area (Å²) in [5, 5.41) is 8.89. The van der Waals surface area contributed by atoms with Crippen molar-refractivity contribution < 1.29 is 19.4 Å². The Kier molecular flexibility index (Phi) is 5.95. The molecule has 5 nitrogen and oxygen atoms in total. The van der Waals surface area contributed by atoms with Crippen LogP contribution in [0.5, 0.6) is 5.75 Å². The molecule has 0 saturated carbocycles. The highest BCUT2D eigenvalue weighted by atomic mass is 16.5. The Bertz CT molecular complexity index is 710. The zero-order valence-corrected chi connectivity index (χ0v) is 13.9. The normalized spacial score (nSPS) is 10.2. The van der Waals surface area contributed by atoms with Crippen LogP contribution in [0.3, 0.4) is 0 Å². The molecule has 2 rings (SSSR count). The second-order valence-electron chi connectivity index (χ2n) is 5.60. The van der Waals surface area contributed by atoms with Gasteiger partial charge in [-0.3, -0.25) is 4.79 Å². The van der Waals surface area contributed by atoms with E-state index in [0.29, 0.717) is 19.4 Å². The van der Waals surface area contributed by atoms with Gasteiger partial charge in [-0.1, -0.05) is 24.3 Å². The summed E-state index contributed by atoms with van der Waals surface area (Å²) in [5.41, 5.74) is 2.20. The molecule has 0 aliphatic rings. The quantitative estimate of drug-likeness (QED) is 0.849. The number of carbonyl (C=O) groups is 2. The molecule has 0 aromatic heterocycles. The molecule has 24 heavy (non-hydrogen) atoms. The van der Waals surface area contributed by atoms with Crippen molar-refractivity contribution in [2.24, 2.45) is 0 Å². The number of aryl methyl sites for hydroxylation is 1. The van der Waals surface area contributed by atoms with Crippen LogP contribution in [0.4, 0.5) is 0 Å². The molecule has 5 heteroatoms. The molecule has 1 amide bonds. The number of rotatable bonds is 7. The summed E-state index contributed by atoms with van der Waals surface area (Å²) in [5.74, 6) is -0.128. The van der Waals surface area contributed by atoms with Gasteiger partial charge in [0.15, 0.2) is 0 Å². The van der Waals surface area contributed by atoms with Gasteiger partial charge in [-0.05, 0) is 41.8 Å². The van der Waals surface area contributed by atoms with Crippen LogP contribution in [0.2, 0.25) is 0 Å².